The predicted octanol–water partition coefficient (Wildman–Crippen LogP) is 3.15. The van der Waals surface area contributed by atoms with Gasteiger partial charge in [0.15, 0.2) is 5.96 Å². The fraction of sp³-hybridized carbons (Fsp3) is 0.524. The van der Waals surface area contributed by atoms with Gasteiger partial charge in [-0.25, -0.2) is 14.4 Å². The van der Waals surface area contributed by atoms with Crippen LogP contribution in [0.5, 0.6) is 0 Å². The summed E-state index contributed by atoms with van der Waals surface area (Å²) in [6.45, 7) is 5.13. The normalized spacial score (nSPS) is 21.0. The molecule has 158 valence electrons. The second kappa shape index (κ2) is 10.5. The molecule has 1 aromatic heterocycles. The number of aromatic nitrogens is 2. The molecule has 0 aliphatic heterocycles. The van der Waals surface area contributed by atoms with Crippen LogP contribution in [-0.2, 0) is 17.3 Å². The lowest BCUT2D eigenvalue weighted by Crippen LogP contribution is -2.46. The maximum absolute atomic E-state index is 14.5. The van der Waals surface area contributed by atoms with Crippen molar-refractivity contribution in [1.82, 2.24) is 20.2 Å². The van der Waals surface area contributed by atoms with Crippen LogP contribution in [0.2, 0.25) is 0 Å². The van der Waals surface area contributed by atoms with Gasteiger partial charge in [0.1, 0.15) is 5.82 Å². The van der Waals surface area contributed by atoms with Crippen molar-refractivity contribution in [2.75, 3.05) is 12.3 Å². The summed E-state index contributed by atoms with van der Waals surface area (Å²) < 4.78 is 28.3. The van der Waals surface area contributed by atoms with Crippen LogP contribution in [0, 0.1) is 5.82 Å². The molecule has 3 atom stereocenters. The van der Waals surface area contributed by atoms with E-state index in [2.05, 4.69) is 20.6 Å². The number of guanidine groups is 1. The van der Waals surface area contributed by atoms with Gasteiger partial charge in [0.2, 0.25) is 0 Å². The van der Waals surface area contributed by atoms with Crippen LogP contribution in [0.3, 0.4) is 0 Å². The molecule has 1 aliphatic rings. The van der Waals surface area contributed by atoms with Crippen LogP contribution in [0.15, 0.2) is 41.9 Å². The molecule has 6 nitrogen and oxygen atoms in total. The molecular weight excluding hydrogens is 389 g/mol. The summed E-state index contributed by atoms with van der Waals surface area (Å²) >= 11 is 0. The SMILES string of the molecule is CCNC(=NCc1ccc(-n2ccnc2)c(F)c1)NC1CCCC(S(=O)CC)C1. The molecule has 1 heterocycles. The summed E-state index contributed by atoms with van der Waals surface area (Å²) in [5.41, 5.74) is 1.27. The average molecular weight is 420 g/mol. The first-order chi connectivity index (χ1) is 14.1. The topological polar surface area (TPSA) is 71.3 Å². The van der Waals surface area contributed by atoms with Gasteiger partial charge in [-0.15, -0.1) is 0 Å². The Bertz CT molecular complexity index is 840. The Morgan fingerprint density at radius 1 is 1.38 bits per heavy atom. The lowest BCUT2D eigenvalue weighted by molar-refractivity contribution is 0.413. The van der Waals surface area contributed by atoms with Gasteiger partial charge in [-0.3, -0.25) is 4.21 Å². The molecule has 1 saturated carbocycles. The molecule has 29 heavy (non-hydrogen) atoms. The van der Waals surface area contributed by atoms with E-state index in [1.807, 2.05) is 19.9 Å². The minimum Gasteiger partial charge on any atom is -0.357 e. The molecule has 0 amide bonds. The molecule has 0 bridgehead atoms. The standard InChI is InChI=1S/C21H30FN5OS/c1-3-24-21(26-17-6-5-7-18(13-17)29(28)4-2)25-14-16-8-9-20(19(22)12-16)27-11-10-23-15-27/h8-12,15,17-18H,3-7,13-14H2,1-2H3,(H2,24,25,26). The second-order valence-electron chi connectivity index (χ2n) is 7.25. The first-order valence-electron chi connectivity index (χ1n) is 10.3. The second-order valence-corrected chi connectivity index (χ2v) is 9.26. The van der Waals surface area contributed by atoms with Crippen molar-refractivity contribution < 1.29 is 8.60 Å². The molecular formula is C21H30FN5OS. The Balaban J connectivity index is 1.64. The fourth-order valence-electron chi connectivity index (χ4n) is 3.69. The van der Waals surface area contributed by atoms with Gasteiger partial charge >= 0.3 is 0 Å². The Labute approximate surface area is 174 Å². The van der Waals surface area contributed by atoms with E-state index >= 15 is 0 Å². The average Bonchev–Trinajstić information content (AvgIpc) is 3.26. The van der Waals surface area contributed by atoms with Crippen molar-refractivity contribution in [3.8, 4) is 5.69 Å². The summed E-state index contributed by atoms with van der Waals surface area (Å²) in [4.78, 5) is 8.59. The van der Waals surface area contributed by atoms with Gasteiger partial charge in [0.25, 0.3) is 0 Å². The summed E-state index contributed by atoms with van der Waals surface area (Å²) in [7, 11) is -0.752. The third-order valence-corrected chi connectivity index (χ3v) is 6.92. The largest absolute Gasteiger partial charge is 0.357 e. The van der Waals surface area contributed by atoms with Crippen molar-refractivity contribution in [1.29, 1.82) is 0 Å². The molecule has 1 aliphatic carbocycles. The Morgan fingerprint density at radius 3 is 2.93 bits per heavy atom. The molecule has 1 fully saturated rings. The van der Waals surface area contributed by atoms with Gasteiger partial charge < -0.3 is 15.2 Å². The van der Waals surface area contributed by atoms with Crippen LogP contribution < -0.4 is 10.6 Å². The number of rotatable bonds is 7. The quantitative estimate of drug-likeness (QED) is 0.534. The zero-order valence-electron chi connectivity index (χ0n) is 17.1. The summed E-state index contributed by atoms with van der Waals surface area (Å²) in [6, 6.07) is 5.41. The minimum absolute atomic E-state index is 0.263. The number of aliphatic imine (C=N–C) groups is 1. The van der Waals surface area contributed by atoms with Crippen LogP contribution in [-0.4, -0.2) is 43.3 Å². The van der Waals surface area contributed by atoms with E-state index in [1.54, 1.807) is 29.4 Å². The van der Waals surface area contributed by atoms with Crippen molar-refractivity contribution in [2.24, 2.45) is 4.99 Å². The maximum atomic E-state index is 14.5. The smallest absolute Gasteiger partial charge is 0.191 e. The number of hydrogen-bond donors (Lipinski definition) is 2. The highest BCUT2D eigenvalue weighted by Crippen LogP contribution is 2.23. The summed E-state index contributed by atoms with van der Waals surface area (Å²) in [5.74, 6) is 1.14. The maximum Gasteiger partial charge on any atom is 0.191 e. The monoisotopic (exact) mass is 419 g/mol. The third-order valence-electron chi connectivity index (χ3n) is 5.18. The van der Waals surface area contributed by atoms with Gasteiger partial charge in [0.05, 0.1) is 18.6 Å². The Hall–Kier alpha value is -2.22. The molecule has 0 spiro atoms. The van der Waals surface area contributed by atoms with Gasteiger partial charge in [-0.2, -0.15) is 0 Å². The van der Waals surface area contributed by atoms with E-state index < -0.39 is 10.8 Å². The Morgan fingerprint density at radius 2 is 2.24 bits per heavy atom. The van der Waals surface area contributed by atoms with Crippen LogP contribution in [0.1, 0.15) is 45.1 Å². The van der Waals surface area contributed by atoms with E-state index in [-0.39, 0.29) is 17.1 Å². The van der Waals surface area contributed by atoms with E-state index in [0.717, 1.165) is 43.8 Å². The van der Waals surface area contributed by atoms with Gasteiger partial charge in [-0.1, -0.05) is 19.4 Å². The predicted molar refractivity (Wildman–Crippen MR) is 116 cm³/mol. The van der Waals surface area contributed by atoms with E-state index in [0.29, 0.717) is 18.0 Å². The van der Waals surface area contributed by atoms with Crippen molar-refractivity contribution in [2.45, 2.75) is 57.4 Å². The van der Waals surface area contributed by atoms with E-state index in [1.165, 1.54) is 6.07 Å². The highest BCUT2D eigenvalue weighted by molar-refractivity contribution is 7.85. The number of imidazole rings is 1. The molecule has 2 N–H and O–H groups in total. The van der Waals surface area contributed by atoms with Crippen molar-refractivity contribution >= 4 is 16.8 Å². The number of nitrogens with one attached hydrogen (secondary N) is 2. The molecule has 0 radical (unpaired) electrons. The number of halogens is 1. The number of nitrogens with zero attached hydrogens (tertiary/aromatic N) is 3. The molecule has 3 unspecified atom stereocenters. The highest BCUT2D eigenvalue weighted by atomic mass is 32.2. The summed E-state index contributed by atoms with van der Waals surface area (Å²) in [6.07, 6.45) is 8.98. The van der Waals surface area contributed by atoms with E-state index in [9.17, 15) is 8.60 Å². The van der Waals surface area contributed by atoms with Gasteiger partial charge in [0, 0.05) is 46.8 Å². The van der Waals surface area contributed by atoms with Crippen LogP contribution >= 0.6 is 0 Å². The summed E-state index contributed by atoms with van der Waals surface area (Å²) in [5, 5.41) is 7.01. The zero-order valence-corrected chi connectivity index (χ0v) is 17.9. The first kappa shape index (κ1) is 21.5. The minimum atomic E-state index is -0.752. The lowest BCUT2D eigenvalue weighted by Gasteiger charge is -2.30. The van der Waals surface area contributed by atoms with Crippen LogP contribution in [0.4, 0.5) is 4.39 Å². The third kappa shape index (κ3) is 5.88. The molecule has 1 aromatic carbocycles. The highest BCUT2D eigenvalue weighted by Gasteiger charge is 2.26. The van der Waals surface area contributed by atoms with E-state index in [4.69, 9.17) is 0 Å². The zero-order chi connectivity index (χ0) is 20.6. The molecule has 3 rings (SSSR count). The van der Waals surface area contributed by atoms with Crippen molar-refractivity contribution in [3.05, 3.63) is 48.3 Å². The van der Waals surface area contributed by atoms with Crippen molar-refractivity contribution in [3.63, 3.8) is 0 Å². The first-order valence-corrected chi connectivity index (χ1v) is 11.7. The lowest BCUT2D eigenvalue weighted by atomic mass is 9.95. The fourth-order valence-corrected chi connectivity index (χ4v) is 5.04. The Kier molecular flexibility index (Phi) is 7.80. The molecule has 0 saturated heterocycles. The van der Waals surface area contributed by atoms with Crippen LogP contribution in [0.25, 0.3) is 5.69 Å². The number of benzene rings is 1. The number of hydrogen-bond acceptors (Lipinski definition) is 3. The van der Waals surface area contributed by atoms with Gasteiger partial charge in [-0.05, 0) is 43.9 Å². The molecule has 8 heteroatoms. The molecule has 2 aromatic rings.